The average molecular weight is 372 g/mol. The standard InChI is InChI=1S/C21H26ClN3O/c22-20-9-4-8-19(16-20)21(26)23-10-5-11-24-12-14-25(15-13-24)17-18-6-2-1-3-7-18/h1-4,6-9,16H,5,10-15,17H2,(H,23,26). The van der Waals surface area contributed by atoms with E-state index in [0.29, 0.717) is 17.1 Å². The molecule has 0 unspecified atom stereocenters. The van der Waals surface area contributed by atoms with Crippen molar-refractivity contribution in [2.24, 2.45) is 0 Å². The Morgan fingerprint density at radius 2 is 1.69 bits per heavy atom. The van der Waals surface area contributed by atoms with Crippen LogP contribution in [0.4, 0.5) is 0 Å². The Labute approximate surface area is 160 Å². The molecular weight excluding hydrogens is 346 g/mol. The van der Waals surface area contributed by atoms with Crippen LogP contribution in [0.1, 0.15) is 22.3 Å². The second kappa shape index (κ2) is 9.72. The van der Waals surface area contributed by atoms with Crippen molar-refractivity contribution in [3.8, 4) is 0 Å². The maximum absolute atomic E-state index is 12.1. The second-order valence-corrected chi connectivity index (χ2v) is 7.16. The van der Waals surface area contributed by atoms with Gasteiger partial charge in [-0.1, -0.05) is 48.0 Å². The molecule has 1 aliphatic rings. The van der Waals surface area contributed by atoms with Gasteiger partial charge < -0.3 is 10.2 Å². The van der Waals surface area contributed by atoms with E-state index in [0.717, 1.165) is 45.7 Å². The predicted molar refractivity (Wildman–Crippen MR) is 107 cm³/mol. The van der Waals surface area contributed by atoms with Gasteiger partial charge in [0, 0.05) is 49.9 Å². The number of nitrogens with zero attached hydrogens (tertiary/aromatic N) is 2. The molecule has 1 heterocycles. The van der Waals surface area contributed by atoms with Crippen LogP contribution >= 0.6 is 11.6 Å². The van der Waals surface area contributed by atoms with Crippen molar-refractivity contribution in [2.45, 2.75) is 13.0 Å². The summed E-state index contributed by atoms with van der Waals surface area (Å²) < 4.78 is 0. The summed E-state index contributed by atoms with van der Waals surface area (Å²) in [4.78, 5) is 17.1. The normalized spacial score (nSPS) is 15.7. The number of piperazine rings is 1. The molecule has 0 radical (unpaired) electrons. The molecule has 1 amide bonds. The highest BCUT2D eigenvalue weighted by Crippen LogP contribution is 2.11. The molecule has 1 aliphatic heterocycles. The van der Waals surface area contributed by atoms with Crippen LogP contribution < -0.4 is 5.32 Å². The van der Waals surface area contributed by atoms with Gasteiger partial charge >= 0.3 is 0 Å². The van der Waals surface area contributed by atoms with Crippen LogP contribution in [0.25, 0.3) is 0 Å². The van der Waals surface area contributed by atoms with Crippen molar-refractivity contribution >= 4 is 17.5 Å². The molecule has 2 aromatic rings. The molecule has 5 heteroatoms. The van der Waals surface area contributed by atoms with E-state index in [-0.39, 0.29) is 5.91 Å². The summed E-state index contributed by atoms with van der Waals surface area (Å²) in [5.74, 6) is -0.0554. The third kappa shape index (κ3) is 5.84. The number of benzene rings is 2. The fourth-order valence-electron chi connectivity index (χ4n) is 3.25. The molecule has 0 spiro atoms. The minimum Gasteiger partial charge on any atom is -0.352 e. The van der Waals surface area contributed by atoms with Crippen molar-refractivity contribution in [3.63, 3.8) is 0 Å². The Hall–Kier alpha value is -1.88. The second-order valence-electron chi connectivity index (χ2n) is 6.72. The van der Waals surface area contributed by atoms with Crippen molar-refractivity contribution < 1.29 is 4.79 Å². The number of halogens is 1. The van der Waals surface area contributed by atoms with E-state index in [1.54, 1.807) is 24.3 Å². The van der Waals surface area contributed by atoms with E-state index in [2.05, 4.69) is 45.4 Å². The quantitative estimate of drug-likeness (QED) is 0.759. The third-order valence-electron chi connectivity index (χ3n) is 4.74. The molecule has 1 fully saturated rings. The van der Waals surface area contributed by atoms with Crippen LogP contribution in [-0.4, -0.2) is 55.0 Å². The van der Waals surface area contributed by atoms with E-state index >= 15 is 0 Å². The molecule has 0 aliphatic carbocycles. The number of nitrogens with one attached hydrogen (secondary N) is 1. The van der Waals surface area contributed by atoms with Gasteiger partial charge in [-0.3, -0.25) is 9.69 Å². The van der Waals surface area contributed by atoms with Crippen LogP contribution in [0.5, 0.6) is 0 Å². The lowest BCUT2D eigenvalue weighted by Gasteiger charge is -2.34. The zero-order chi connectivity index (χ0) is 18.2. The molecule has 1 saturated heterocycles. The number of carbonyl (C=O) groups is 1. The molecule has 1 N–H and O–H groups in total. The number of rotatable bonds is 7. The summed E-state index contributed by atoms with van der Waals surface area (Å²) in [6.45, 7) is 7.13. The van der Waals surface area contributed by atoms with Gasteiger partial charge in [0.15, 0.2) is 0 Å². The van der Waals surface area contributed by atoms with Crippen molar-refractivity contribution in [2.75, 3.05) is 39.3 Å². The highest BCUT2D eigenvalue weighted by molar-refractivity contribution is 6.30. The number of hydrogen-bond donors (Lipinski definition) is 1. The average Bonchev–Trinajstić information content (AvgIpc) is 2.67. The van der Waals surface area contributed by atoms with Crippen LogP contribution in [0.15, 0.2) is 54.6 Å². The molecule has 0 bridgehead atoms. The smallest absolute Gasteiger partial charge is 0.251 e. The molecule has 0 atom stereocenters. The van der Waals surface area contributed by atoms with E-state index in [1.165, 1.54) is 5.56 Å². The largest absolute Gasteiger partial charge is 0.352 e. The molecule has 138 valence electrons. The summed E-state index contributed by atoms with van der Waals surface area (Å²) >= 11 is 5.92. The van der Waals surface area contributed by atoms with E-state index in [4.69, 9.17) is 11.6 Å². The number of amides is 1. The Morgan fingerprint density at radius 3 is 2.42 bits per heavy atom. The van der Waals surface area contributed by atoms with Crippen LogP contribution in [0, 0.1) is 0 Å². The lowest BCUT2D eigenvalue weighted by molar-refractivity contribution is 0.0947. The van der Waals surface area contributed by atoms with Gasteiger partial charge in [0.25, 0.3) is 5.91 Å². The molecule has 4 nitrogen and oxygen atoms in total. The summed E-state index contributed by atoms with van der Waals surface area (Å²) in [5.41, 5.74) is 2.00. The molecule has 3 rings (SSSR count). The van der Waals surface area contributed by atoms with E-state index < -0.39 is 0 Å². The minimum atomic E-state index is -0.0554. The lowest BCUT2D eigenvalue weighted by atomic mass is 10.2. The van der Waals surface area contributed by atoms with Gasteiger partial charge in [-0.05, 0) is 36.7 Å². The van der Waals surface area contributed by atoms with E-state index in [9.17, 15) is 4.79 Å². The summed E-state index contributed by atoms with van der Waals surface area (Å²) in [6, 6.07) is 17.7. The highest BCUT2D eigenvalue weighted by atomic mass is 35.5. The van der Waals surface area contributed by atoms with Gasteiger partial charge in [0.05, 0.1) is 0 Å². The highest BCUT2D eigenvalue weighted by Gasteiger charge is 2.16. The predicted octanol–water partition coefficient (Wildman–Crippen LogP) is 3.28. The zero-order valence-corrected chi connectivity index (χ0v) is 15.8. The van der Waals surface area contributed by atoms with Crippen LogP contribution in [0.3, 0.4) is 0 Å². The first-order chi connectivity index (χ1) is 12.7. The molecule has 2 aromatic carbocycles. The first-order valence-corrected chi connectivity index (χ1v) is 9.61. The third-order valence-corrected chi connectivity index (χ3v) is 4.97. The van der Waals surface area contributed by atoms with Gasteiger partial charge in [0.2, 0.25) is 0 Å². The Kier molecular flexibility index (Phi) is 7.06. The molecule has 26 heavy (non-hydrogen) atoms. The number of carbonyl (C=O) groups excluding carboxylic acids is 1. The topological polar surface area (TPSA) is 35.6 Å². The van der Waals surface area contributed by atoms with Gasteiger partial charge in [-0.25, -0.2) is 0 Å². The number of hydrogen-bond acceptors (Lipinski definition) is 3. The monoisotopic (exact) mass is 371 g/mol. The molecule has 0 saturated carbocycles. The summed E-state index contributed by atoms with van der Waals surface area (Å²) in [7, 11) is 0. The SMILES string of the molecule is O=C(NCCCN1CCN(Cc2ccccc2)CC1)c1cccc(Cl)c1. The first-order valence-electron chi connectivity index (χ1n) is 9.23. The van der Waals surface area contributed by atoms with Gasteiger partial charge in [-0.2, -0.15) is 0 Å². The Bertz CT molecular complexity index is 699. The van der Waals surface area contributed by atoms with Crippen LogP contribution in [0.2, 0.25) is 5.02 Å². The van der Waals surface area contributed by atoms with Crippen molar-refractivity contribution in [1.82, 2.24) is 15.1 Å². The minimum absolute atomic E-state index is 0.0554. The maximum atomic E-state index is 12.1. The zero-order valence-electron chi connectivity index (χ0n) is 15.0. The molecular formula is C21H26ClN3O. The lowest BCUT2D eigenvalue weighted by Crippen LogP contribution is -2.46. The van der Waals surface area contributed by atoms with Gasteiger partial charge in [0.1, 0.15) is 0 Å². The summed E-state index contributed by atoms with van der Waals surface area (Å²) in [5, 5.41) is 3.56. The molecule has 0 aromatic heterocycles. The Balaban J connectivity index is 1.31. The van der Waals surface area contributed by atoms with Gasteiger partial charge in [-0.15, -0.1) is 0 Å². The van der Waals surface area contributed by atoms with E-state index in [1.807, 2.05) is 0 Å². The fraction of sp³-hybridized carbons (Fsp3) is 0.381. The first kappa shape index (κ1) is 18.9. The Morgan fingerprint density at radius 1 is 0.962 bits per heavy atom. The van der Waals surface area contributed by atoms with Crippen molar-refractivity contribution in [3.05, 3.63) is 70.7 Å². The maximum Gasteiger partial charge on any atom is 0.251 e. The van der Waals surface area contributed by atoms with Crippen LogP contribution in [-0.2, 0) is 6.54 Å². The fourth-order valence-corrected chi connectivity index (χ4v) is 3.44. The van der Waals surface area contributed by atoms with Crippen molar-refractivity contribution in [1.29, 1.82) is 0 Å². The summed E-state index contributed by atoms with van der Waals surface area (Å²) in [6.07, 6.45) is 0.963.